The highest BCUT2D eigenvalue weighted by molar-refractivity contribution is 5.95. The Kier molecular flexibility index (Phi) is 5.59. The van der Waals surface area contributed by atoms with Crippen molar-refractivity contribution >= 4 is 11.7 Å². The highest BCUT2D eigenvalue weighted by Crippen LogP contribution is 2.26. The topological polar surface area (TPSA) is 54.0 Å². The van der Waals surface area contributed by atoms with E-state index in [-0.39, 0.29) is 5.91 Å². The zero-order chi connectivity index (χ0) is 15.2. The smallest absolute Gasteiger partial charge is 0.251 e. The van der Waals surface area contributed by atoms with E-state index in [1.165, 1.54) is 19.3 Å². The lowest BCUT2D eigenvalue weighted by atomic mass is 9.84. The maximum atomic E-state index is 12.4. The van der Waals surface area contributed by atoms with Crippen LogP contribution in [-0.4, -0.2) is 23.5 Å². The van der Waals surface area contributed by atoms with Crippen LogP contribution >= 0.6 is 0 Å². The molecule has 0 aliphatic heterocycles. The number of hydrogen-bond acceptors (Lipinski definition) is 3. The normalized spacial score (nSPS) is 21.9. The molecule has 1 aromatic rings. The standard InChI is InChI=1S/C17H27N3O/c1-4-13-6-8-15(9-7-13)20-17(21)14-10-12(3)19-16(11-14)18-5-2/h10-11,13,15H,4-9H2,1-3H3,(H,18,19)(H,20,21). The first-order valence-corrected chi connectivity index (χ1v) is 8.15. The van der Waals surface area contributed by atoms with Crippen molar-refractivity contribution in [2.75, 3.05) is 11.9 Å². The molecule has 4 nitrogen and oxygen atoms in total. The van der Waals surface area contributed by atoms with Crippen molar-refractivity contribution < 1.29 is 4.79 Å². The molecule has 1 amide bonds. The molecule has 1 saturated carbocycles. The second-order valence-electron chi connectivity index (χ2n) is 6.01. The first-order chi connectivity index (χ1) is 10.1. The van der Waals surface area contributed by atoms with E-state index in [1.54, 1.807) is 0 Å². The Morgan fingerprint density at radius 3 is 2.57 bits per heavy atom. The SMILES string of the molecule is CCNc1cc(C(=O)NC2CCC(CC)CC2)cc(C)n1. The van der Waals surface area contributed by atoms with Gasteiger partial charge in [0.2, 0.25) is 0 Å². The zero-order valence-electron chi connectivity index (χ0n) is 13.4. The van der Waals surface area contributed by atoms with Crippen LogP contribution in [0, 0.1) is 12.8 Å². The molecule has 116 valence electrons. The summed E-state index contributed by atoms with van der Waals surface area (Å²) in [4.78, 5) is 16.8. The number of anilines is 1. The minimum Gasteiger partial charge on any atom is -0.370 e. The molecule has 21 heavy (non-hydrogen) atoms. The molecule has 2 N–H and O–H groups in total. The lowest BCUT2D eigenvalue weighted by molar-refractivity contribution is 0.0921. The average Bonchev–Trinajstić information content (AvgIpc) is 2.48. The second kappa shape index (κ2) is 7.43. The maximum absolute atomic E-state index is 12.4. The third-order valence-corrected chi connectivity index (χ3v) is 4.33. The number of hydrogen-bond donors (Lipinski definition) is 2. The number of amides is 1. The molecule has 2 rings (SSSR count). The fourth-order valence-electron chi connectivity index (χ4n) is 3.06. The summed E-state index contributed by atoms with van der Waals surface area (Å²) in [6, 6.07) is 4.02. The molecule has 0 saturated heterocycles. The maximum Gasteiger partial charge on any atom is 0.251 e. The van der Waals surface area contributed by atoms with Gasteiger partial charge >= 0.3 is 0 Å². The molecular weight excluding hydrogens is 262 g/mol. The number of aryl methyl sites for hydroxylation is 1. The van der Waals surface area contributed by atoms with Gasteiger partial charge in [-0.3, -0.25) is 4.79 Å². The number of pyridine rings is 1. The van der Waals surface area contributed by atoms with E-state index in [1.807, 2.05) is 26.0 Å². The van der Waals surface area contributed by atoms with E-state index in [2.05, 4.69) is 22.5 Å². The summed E-state index contributed by atoms with van der Waals surface area (Å²) in [7, 11) is 0. The zero-order valence-corrected chi connectivity index (χ0v) is 13.4. The van der Waals surface area contributed by atoms with Crippen molar-refractivity contribution in [3.63, 3.8) is 0 Å². The minimum absolute atomic E-state index is 0.0274. The number of nitrogens with one attached hydrogen (secondary N) is 2. The van der Waals surface area contributed by atoms with Crippen molar-refractivity contribution in [3.8, 4) is 0 Å². The Balaban J connectivity index is 1.97. The van der Waals surface area contributed by atoms with Crippen LogP contribution < -0.4 is 10.6 Å². The van der Waals surface area contributed by atoms with Gasteiger partial charge in [-0.2, -0.15) is 0 Å². The molecule has 0 aromatic carbocycles. The van der Waals surface area contributed by atoms with Crippen LogP contribution in [-0.2, 0) is 0 Å². The lowest BCUT2D eigenvalue weighted by Gasteiger charge is -2.28. The summed E-state index contributed by atoms with van der Waals surface area (Å²) in [5.41, 5.74) is 1.57. The van der Waals surface area contributed by atoms with E-state index in [0.29, 0.717) is 11.6 Å². The van der Waals surface area contributed by atoms with Crippen LogP contribution in [0.1, 0.15) is 62.0 Å². The largest absolute Gasteiger partial charge is 0.370 e. The molecule has 0 atom stereocenters. The van der Waals surface area contributed by atoms with Gasteiger partial charge in [0.25, 0.3) is 5.91 Å². The van der Waals surface area contributed by atoms with Crippen molar-refractivity contribution in [2.45, 2.75) is 58.9 Å². The number of carbonyl (C=O) groups excluding carboxylic acids is 1. The van der Waals surface area contributed by atoms with Crippen molar-refractivity contribution in [1.82, 2.24) is 10.3 Å². The van der Waals surface area contributed by atoms with E-state index in [0.717, 1.165) is 36.8 Å². The van der Waals surface area contributed by atoms with Gasteiger partial charge in [-0.05, 0) is 57.6 Å². The van der Waals surface area contributed by atoms with Crippen molar-refractivity contribution in [1.29, 1.82) is 0 Å². The third kappa shape index (κ3) is 4.45. The van der Waals surface area contributed by atoms with E-state index < -0.39 is 0 Å². The fourth-order valence-corrected chi connectivity index (χ4v) is 3.06. The molecule has 1 fully saturated rings. The molecule has 0 radical (unpaired) electrons. The predicted octanol–water partition coefficient (Wildman–Crippen LogP) is 3.52. The molecule has 1 aliphatic carbocycles. The molecule has 1 aliphatic rings. The predicted molar refractivity (Wildman–Crippen MR) is 86.6 cm³/mol. The van der Waals surface area contributed by atoms with Crippen LogP contribution in [0.3, 0.4) is 0 Å². The van der Waals surface area contributed by atoms with Gasteiger partial charge in [0.05, 0.1) is 0 Å². The summed E-state index contributed by atoms with van der Waals surface area (Å²) in [5, 5.41) is 6.35. The van der Waals surface area contributed by atoms with Gasteiger partial charge in [-0.1, -0.05) is 13.3 Å². The van der Waals surface area contributed by atoms with Crippen LogP contribution in [0.25, 0.3) is 0 Å². The molecular formula is C17H27N3O. The van der Waals surface area contributed by atoms with E-state index in [9.17, 15) is 4.79 Å². The third-order valence-electron chi connectivity index (χ3n) is 4.33. The fraction of sp³-hybridized carbons (Fsp3) is 0.647. The van der Waals surface area contributed by atoms with Crippen LogP contribution in [0.15, 0.2) is 12.1 Å². The first kappa shape index (κ1) is 15.8. The first-order valence-electron chi connectivity index (χ1n) is 8.15. The Morgan fingerprint density at radius 2 is 1.95 bits per heavy atom. The van der Waals surface area contributed by atoms with Crippen LogP contribution in [0.4, 0.5) is 5.82 Å². The monoisotopic (exact) mass is 289 g/mol. The summed E-state index contributed by atoms with van der Waals surface area (Å²) in [6.45, 7) is 7.00. The number of aromatic nitrogens is 1. The summed E-state index contributed by atoms with van der Waals surface area (Å²) in [5.74, 6) is 1.65. The minimum atomic E-state index is 0.0274. The second-order valence-corrected chi connectivity index (χ2v) is 6.01. The van der Waals surface area contributed by atoms with E-state index in [4.69, 9.17) is 0 Å². The van der Waals surface area contributed by atoms with Gasteiger partial charge in [0, 0.05) is 23.8 Å². The number of rotatable bonds is 5. The van der Waals surface area contributed by atoms with Crippen LogP contribution in [0.5, 0.6) is 0 Å². The summed E-state index contributed by atoms with van der Waals surface area (Å²) < 4.78 is 0. The quantitative estimate of drug-likeness (QED) is 0.872. The highest BCUT2D eigenvalue weighted by Gasteiger charge is 2.22. The van der Waals surface area contributed by atoms with Gasteiger partial charge in [-0.15, -0.1) is 0 Å². The Bertz CT molecular complexity index is 479. The summed E-state index contributed by atoms with van der Waals surface area (Å²) >= 11 is 0. The van der Waals surface area contributed by atoms with E-state index >= 15 is 0 Å². The molecule has 1 heterocycles. The summed E-state index contributed by atoms with van der Waals surface area (Å²) in [6.07, 6.45) is 5.94. The Morgan fingerprint density at radius 1 is 1.24 bits per heavy atom. The molecule has 1 aromatic heterocycles. The van der Waals surface area contributed by atoms with Crippen LogP contribution in [0.2, 0.25) is 0 Å². The van der Waals surface area contributed by atoms with Crippen molar-refractivity contribution in [3.05, 3.63) is 23.4 Å². The number of nitrogens with zero attached hydrogens (tertiary/aromatic N) is 1. The van der Waals surface area contributed by atoms with Gasteiger partial charge in [0.1, 0.15) is 5.82 Å². The molecule has 0 bridgehead atoms. The average molecular weight is 289 g/mol. The molecule has 0 unspecified atom stereocenters. The van der Waals surface area contributed by atoms with Crippen molar-refractivity contribution in [2.24, 2.45) is 5.92 Å². The Hall–Kier alpha value is -1.58. The van der Waals surface area contributed by atoms with Gasteiger partial charge in [-0.25, -0.2) is 4.98 Å². The van der Waals surface area contributed by atoms with Gasteiger partial charge < -0.3 is 10.6 Å². The highest BCUT2D eigenvalue weighted by atomic mass is 16.1. The molecule has 4 heteroatoms. The van der Waals surface area contributed by atoms with Gasteiger partial charge in [0.15, 0.2) is 0 Å². The molecule has 0 spiro atoms. The number of carbonyl (C=O) groups is 1. The lowest BCUT2D eigenvalue weighted by Crippen LogP contribution is -2.37. The Labute approximate surface area is 127 Å².